The molecule has 0 aliphatic rings. The molecular formula is C15H11BrN2. The number of fused-ring (bicyclic) bond motifs is 1. The van der Waals surface area contributed by atoms with Crippen molar-refractivity contribution in [1.82, 2.24) is 9.97 Å². The summed E-state index contributed by atoms with van der Waals surface area (Å²) in [5.74, 6) is 0.771. The monoisotopic (exact) mass is 298 g/mol. The molecule has 0 atom stereocenters. The fourth-order valence-corrected chi connectivity index (χ4v) is 2.50. The number of nitrogens with zero attached hydrogens (tertiary/aromatic N) is 2. The molecule has 3 heteroatoms. The summed E-state index contributed by atoms with van der Waals surface area (Å²) in [5.41, 5.74) is 2.06. The maximum Gasteiger partial charge on any atom is 0.127 e. The van der Waals surface area contributed by atoms with Gasteiger partial charge in [0.05, 0.1) is 5.69 Å². The first-order valence-electron chi connectivity index (χ1n) is 5.73. The van der Waals surface area contributed by atoms with Crippen LogP contribution >= 0.6 is 15.9 Å². The number of aryl methyl sites for hydroxylation is 1. The van der Waals surface area contributed by atoms with E-state index < -0.39 is 0 Å². The van der Waals surface area contributed by atoms with E-state index in [-0.39, 0.29) is 0 Å². The molecule has 2 nitrogen and oxygen atoms in total. The SMILES string of the molecule is Cc1nc(Br)cc(-c2ccc3ccccc3c2)n1. The van der Waals surface area contributed by atoms with Crippen molar-refractivity contribution in [3.63, 3.8) is 0 Å². The van der Waals surface area contributed by atoms with E-state index in [2.05, 4.69) is 56.2 Å². The third kappa shape index (κ3) is 2.14. The van der Waals surface area contributed by atoms with Crippen molar-refractivity contribution in [1.29, 1.82) is 0 Å². The highest BCUT2D eigenvalue weighted by atomic mass is 79.9. The number of aromatic nitrogens is 2. The molecular weight excluding hydrogens is 288 g/mol. The first kappa shape index (κ1) is 11.4. The van der Waals surface area contributed by atoms with E-state index in [1.165, 1.54) is 10.8 Å². The van der Waals surface area contributed by atoms with Crippen molar-refractivity contribution in [3.8, 4) is 11.3 Å². The smallest absolute Gasteiger partial charge is 0.127 e. The summed E-state index contributed by atoms with van der Waals surface area (Å²) in [5, 5.41) is 2.47. The fraction of sp³-hybridized carbons (Fsp3) is 0.0667. The zero-order valence-electron chi connectivity index (χ0n) is 9.89. The van der Waals surface area contributed by atoms with E-state index in [0.29, 0.717) is 0 Å². The summed E-state index contributed by atoms with van der Waals surface area (Å²) in [6.07, 6.45) is 0. The van der Waals surface area contributed by atoms with Gasteiger partial charge < -0.3 is 0 Å². The molecule has 0 saturated heterocycles. The Morgan fingerprint density at radius 3 is 2.44 bits per heavy atom. The van der Waals surface area contributed by atoms with Crippen LogP contribution in [0.25, 0.3) is 22.0 Å². The lowest BCUT2D eigenvalue weighted by Gasteiger charge is -2.05. The third-order valence-corrected chi connectivity index (χ3v) is 3.26. The molecule has 0 saturated carbocycles. The Kier molecular flexibility index (Phi) is 2.84. The minimum absolute atomic E-state index is 0.771. The maximum absolute atomic E-state index is 4.47. The Bertz CT molecular complexity index is 702. The molecule has 0 bridgehead atoms. The molecule has 18 heavy (non-hydrogen) atoms. The lowest BCUT2D eigenvalue weighted by molar-refractivity contribution is 1.04. The minimum atomic E-state index is 0.771. The van der Waals surface area contributed by atoms with Crippen molar-refractivity contribution >= 4 is 26.7 Å². The van der Waals surface area contributed by atoms with Crippen LogP contribution in [0.5, 0.6) is 0 Å². The maximum atomic E-state index is 4.47. The van der Waals surface area contributed by atoms with Crippen molar-refractivity contribution in [2.45, 2.75) is 6.92 Å². The molecule has 0 amide bonds. The van der Waals surface area contributed by atoms with Gasteiger partial charge in [0.25, 0.3) is 0 Å². The van der Waals surface area contributed by atoms with Gasteiger partial charge in [-0.25, -0.2) is 9.97 Å². The molecule has 3 aromatic rings. The number of hydrogen-bond acceptors (Lipinski definition) is 2. The van der Waals surface area contributed by atoms with Crippen LogP contribution in [0.2, 0.25) is 0 Å². The number of benzene rings is 2. The summed E-state index contributed by atoms with van der Waals surface area (Å²) < 4.78 is 0.818. The lowest BCUT2D eigenvalue weighted by Crippen LogP contribution is -1.91. The van der Waals surface area contributed by atoms with Gasteiger partial charge in [-0.2, -0.15) is 0 Å². The first-order chi connectivity index (χ1) is 8.72. The topological polar surface area (TPSA) is 25.8 Å². The molecule has 1 heterocycles. The van der Waals surface area contributed by atoms with E-state index >= 15 is 0 Å². The Balaban J connectivity index is 2.19. The zero-order valence-corrected chi connectivity index (χ0v) is 11.5. The summed E-state index contributed by atoms with van der Waals surface area (Å²) in [6, 6.07) is 16.6. The van der Waals surface area contributed by atoms with Crippen LogP contribution < -0.4 is 0 Å². The Morgan fingerprint density at radius 1 is 0.889 bits per heavy atom. The minimum Gasteiger partial charge on any atom is -0.233 e. The van der Waals surface area contributed by atoms with Gasteiger partial charge in [-0.15, -0.1) is 0 Å². The van der Waals surface area contributed by atoms with Crippen LogP contribution in [-0.4, -0.2) is 9.97 Å². The predicted octanol–water partition coefficient (Wildman–Crippen LogP) is 4.37. The second kappa shape index (κ2) is 4.50. The van der Waals surface area contributed by atoms with Gasteiger partial charge in [-0.3, -0.25) is 0 Å². The molecule has 88 valence electrons. The van der Waals surface area contributed by atoms with Gasteiger partial charge in [-0.05, 0) is 45.8 Å². The largest absolute Gasteiger partial charge is 0.233 e. The fourth-order valence-electron chi connectivity index (χ4n) is 2.03. The van der Waals surface area contributed by atoms with Crippen LogP contribution in [0.4, 0.5) is 0 Å². The van der Waals surface area contributed by atoms with E-state index in [1.54, 1.807) is 0 Å². The Labute approximate surface area is 114 Å². The zero-order chi connectivity index (χ0) is 12.5. The van der Waals surface area contributed by atoms with E-state index in [4.69, 9.17) is 0 Å². The van der Waals surface area contributed by atoms with Crippen LogP contribution in [0, 0.1) is 6.92 Å². The third-order valence-electron chi connectivity index (χ3n) is 2.85. The van der Waals surface area contributed by atoms with E-state index in [1.807, 2.05) is 25.1 Å². The van der Waals surface area contributed by atoms with E-state index in [9.17, 15) is 0 Å². The van der Waals surface area contributed by atoms with Crippen molar-refractivity contribution in [2.75, 3.05) is 0 Å². The number of halogens is 1. The van der Waals surface area contributed by atoms with E-state index in [0.717, 1.165) is 21.7 Å². The second-order valence-electron chi connectivity index (χ2n) is 4.19. The van der Waals surface area contributed by atoms with Gasteiger partial charge in [0.15, 0.2) is 0 Å². The lowest BCUT2D eigenvalue weighted by atomic mass is 10.1. The van der Waals surface area contributed by atoms with Gasteiger partial charge in [0, 0.05) is 5.56 Å². The molecule has 0 aliphatic heterocycles. The van der Waals surface area contributed by atoms with Gasteiger partial charge in [0.1, 0.15) is 10.4 Å². The number of hydrogen-bond donors (Lipinski definition) is 0. The molecule has 1 aromatic heterocycles. The highest BCUT2D eigenvalue weighted by Crippen LogP contribution is 2.24. The van der Waals surface area contributed by atoms with Crippen molar-refractivity contribution < 1.29 is 0 Å². The Morgan fingerprint density at radius 2 is 1.67 bits per heavy atom. The molecule has 3 rings (SSSR count). The molecule has 0 N–H and O–H groups in total. The summed E-state index contributed by atoms with van der Waals surface area (Å²) in [6.45, 7) is 1.90. The van der Waals surface area contributed by atoms with Crippen molar-refractivity contribution in [3.05, 3.63) is 59.0 Å². The first-order valence-corrected chi connectivity index (χ1v) is 6.52. The summed E-state index contributed by atoms with van der Waals surface area (Å²) >= 11 is 3.41. The normalized spacial score (nSPS) is 10.8. The highest BCUT2D eigenvalue weighted by Gasteiger charge is 2.03. The predicted molar refractivity (Wildman–Crippen MR) is 77.4 cm³/mol. The Hall–Kier alpha value is -1.74. The molecule has 0 unspecified atom stereocenters. The van der Waals surface area contributed by atoms with Crippen LogP contribution in [-0.2, 0) is 0 Å². The average Bonchev–Trinajstić information content (AvgIpc) is 2.37. The molecule has 0 spiro atoms. The van der Waals surface area contributed by atoms with Crippen LogP contribution in [0.1, 0.15) is 5.82 Å². The summed E-state index contributed by atoms with van der Waals surface area (Å²) in [7, 11) is 0. The van der Waals surface area contributed by atoms with Crippen LogP contribution in [0.3, 0.4) is 0 Å². The quantitative estimate of drug-likeness (QED) is 0.624. The summed E-state index contributed by atoms with van der Waals surface area (Å²) in [4.78, 5) is 8.70. The van der Waals surface area contributed by atoms with Crippen LogP contribution in [0.15, 0.2) is 53.1 Å². The highest BCUT2D eigenvalue weighted by molar-refractivity contribution is 9.10. The average molecular weight is 299 g/mol. The van der Waals surface area contributed by atoms with Gasteiger partial charge in [0.2, 0.25) is 0 Å². The number of rotatable bonds is 1. The molecule has 0 aliphatic carbocycles. The standard InChI is InChI=1S/C15H11BrN2/c1-10-17-14(9-15(16)18-10)13-7-6-11-4-2-3-5-12(11)8-13/h2-9H,1H3. The molecule has 0 fully saturated rings. The second-order valence-corrected chi connectivity index (χ2v) is 5.00. The molecule has 2 aromatic carbocycles. The van der Waals surface area contributed by atoms with Gasteiger partial charge >= 0.3 is 0 Å². The van der Waals surface area contributed by atoms with Crippen molar-refractivity contribution in [2.24, 2.45) is 0 Å². The van der Waals surface area contributed by atoms with Gasteiger partial charge in [-0.1, -0.05) is 36.4 Å². The molecule has 0 radical (unpaired) electrons.